The molecule has 3 aliphatic rings. The van der Waals surface area contributed by atoms with E-state index in [1.54, 1.807) is 6.26 Å². The number of anilines is 4. The summed E-state index contributed by atoms with van der Waals surface area (Å²) >= 11 is 0. The van der Waals surface area contributed by atoms with Crippen molar-refractivity contribution in [2.75, 3.05) is 55.4 Å². The molecule has 0 bridgehead atoms. The van der Waals surface area contributed by atoms with Gasteiger partial charge in [0.2, 0.25) is 5.95 Å². The third kappa shape index (κ3) is 4.69. The minimum atomic E-state index is 0.432. The smallest absolute Gasteiger partial charge is 0.227 e. The van der Waals surface area contributed by atoms with Crippen molar-refractivity contribution in [3.63, 3.8) is 0 Å². The maximum Gasteiger partial charge on any atom is 0.227 e. The largest absolute Gasteiger partial charge is 0.500 e. The zero-order chi connectivity index (χ0) is 22.9. The van der Waals surface area contributed by atoms with Crippen LogP contribution in [0.5, 0.6) is 0 Å². The highest BCUT2D eigenvalue weighted by Gasteiger charge is 2.25. The van der Waals surface area contributed by atoms with Gasteiger partial charge >= 0.3 is 0 Å². The van der Waals surface area contributed by atoms with Crippen molar-refractivity contribution in [2.45, 2.75) is 31.7 Å². The van der Waals surface area contributed by atoms with Crippen molar-refractivity contribution >= 4 is 29.0 Å². The highest BCUT2D eigenvalue weighted by Crippen LogP contribution is 2.39. The summed E-state index contributed by atoms with van der Waals surface area (Å²) in [6, 6.07) is 5.99. The van der Waals surface area contributed by atoms with E-state index in [1.807, 2.05) is 12.1 Å². The lowest BCUT2D eigenvalue weighted by Crippen LogP contribution is -2.44. The van der Waals surface area contributed by atoms with Gasteiger partial charge in [0, 0.05) is 68.0 Å². The number of ether oxygens (including phenoxy) is 1. The van der Waals surface area contributed by atoms with Gasteiger partial charge in [0.05, 0.1) is 19.4 Å². The molecule has 1 saturated heterocycles. The van der Waals surface area contributed by atoms with E-state index in [1.165, 1.54) is 18.5 Å². The normalized spacial score (nSPS) is 18.6. The van der Waals surface area contributed by atoms with Crippen molar-refractivity contribution in [3.05, 3.63) is 41.6 Å². The Morgan fingerprint density at radius 3 is 2.76 bits per heavy atom. The third-order valence-electron chi connectivity index (χ3n) is 6.43. The first-order valence-corrected chi connectivity index (χ1v) is 11.8. The number of nitrogens with zero attached hydrogens (tertiary/aromatic N) is 6. The highest BCUT2D eigenvalue weighted by atomic mass is 16.5. The SMILES string of the molecule is CN1CCN(c2cc(Nc3cc(C4CC4)[nH]n3)nc(NCc3cc(C4=COCC4)no3)n2)CC1. The molecule has 34 heavy (non-hydrogen) atoms. The number of H-pyrrole nitrogens is 1. The van der Waals surface area contributed by atoms with E-state index in [0.717, 1.165) is 55.5 Å². The summed E-state index contributed by atoms with van der Waals surface area (Å²) in [5, 5.41) is 18.4. The summed E-state index contributed by atoms with van der Waals surface area (Å²) < 4.78 is 10.8. The van der Waals surface area contributed by atoms with E-state index < -0.39 is 0 Å². The van der Waals surface area contributed by atoms with Crippen LogP contribution in [-0.2, 0) is 11.3 Å². The van der Waals surface area contributed by atoms with Crippen molar-refractivity contribution in [3.8, 4) is 0 Å². The molecule has 2 aliphatic heterocycles. The maximum atomic E-state index is 5.50. The number of aromatic amines is 1. The van der Waals surface area contributed by atoms with Crippen LogP contribution >= 0.6 is 0 Å². The monoisotopic (exact) mass is 463 g/mol. The standard InChI is InChI=1S/C23H29N9O2/c1-31-5-7-32(8-6-31)22-12-20(25-21-11-18(28-29-21)15-2-3-15)26-23(27-22)24-13-17-10-19(30-34-17)16-4-9-33-14-16/h10-12,14-15H,2-9,13H2,1H3,(H3,24,25,26,27,28,29). The molecule has 178 valence electrons. The predicted octanol–water partition coefficient (Wildman–Crippen LogP) is 2.93. The molecule has 0 aromatic carbocycles. The number of nitrogens with one attached hydrogen (secondary N) is 3. The fourth-order valence-electron chi connectivity index (χ4n) is 4.20. The van der Waals surface area contributed by atoms with Crippen LogP contribution in [0.3, 0.4) is 0 Å². The fraction of sp³-hybridized carbons (Fsp3) is 0.478. The Bertz CT molecular complexity index is 1170. The van der Waals surface area contributed by atoms with Gasteiger partial charge < -0.3 is 29.7 Å². The number of piperazine rings is 1. The molecule has 11 nitrogen and oxygen atoms in total. The zero-order valence-electron chi connectivity index (χ0n) is 19.3. The Hall–Kier alpha value is -3.60. The molecule has 5 heterocycles. The van der Waals surface area contributed by atoms with Crippen molar-refractivity contribution in [1.29, 1.82) is 0 Å². The van der Waals surface area contributed by atoms with Gasteiger partial charge in [-0.25, -0.2) is 0 Å². The van der Waals surface area contributed by atoms with Gasteiger partial charge in [-0.1, -0.05) is 5.16 Å². The molecular formula is C23H29N9O2. The first kappa shape index (κ1) is 21.0. The van der Waals surface area contributed by atoms with E-state index in [4.69, 9.17) is 14.2 Å². The summed E-state index contributed by atoms with van der Waals surface area (Å²) in [4.78, 5) is 14.1. The van der Waals surface area contributed by atoms with Crippen molar-refractivity contribution < 1.29 is 9.26 Å². The Morgan fingerprint density at radius 1 is 1.09 bits per heavy atom. The summed E-state index contributed by atoms with van der Waals surface area (Å²) in [5.74, 6) is 4.21. The molecule has 1 saturated carbocycles. The average Bonchev–Trinajstić information content (AvgIpc) is 3.22. The first-order valence-electron chi connectivity index (χ1n) is 11.8. The van der Waals surface area contributed by atoms with Gasteiger partial charge in [-0.2, -0.15) is 15.1 Å². The highest BCUT2D eigenvalue weighted by molar-refractivity contribution is 5.63. The Morgan fingerprint density at radius 2 is 1.97 bits per heavy atom. The molecule has 0 radical (unpaired) electrons. The lowest BCUT2D eigenvalue weighted by atomic mass is 10.1. The summed E-state index contributed by atoms with van der Waals surface area (Å²) in [6.07, 6.45) is 5.05. The molecule has 6 rings (SSSR count). The van der Waals surface area contributed by atoms with Crippen LogP contribution in [0.2, 0.25) is 0 Å². The van der Waals surface area contributed by atoms with Crippen LogP contribution in [-0.4, -0.2) is 70.1 Å². The quantitative estimate of drug-likeness (QED) is 0.460. The van der Waals surface area contributed by atoms with Crippen LogP contribution in [0.4, 0.5) is 23.4 Å². The van der Waals surface area contributed by atoms with Crippen LogP contribution in [0.1, 0.15) is 42.3 Å². The number of hydrogen-bond acceptors (Lipinski definition) is 10. The summed E-state index contributed by atoms with van der Waals surface area (Å²) in [5.41, 5.74) is 3.05. The van der Waals surface area contributed by atoms with Crippen molar-refractivity contribution in [2.24, 2.45) is 0 Å². The lowest BCUT2D eigenvalue weighted by molar-refractivity contribution is 0.281. The number of likely N-dealkylation sites (N-methyl/N-ethyl adjacent to an activating group) is 1. The van der Waals surface area contributed by atoms with Crippen LogP contribution < -0.4 is 15.5 Å². The van der Waals surface area contributed by atoms with Crippen LogP contribution in [0, 0.1) is 0 Å². The van der Waals surface area contributed by atoms with Gasteiger partial charge in [0.15, 0.2) is 11.6 Å². The number of hydrogen-bond donors (Lipinski definition) is 3. The van der Waals surface area contributed by atoms with E-state index >= 15 is 0 Å². The fourth-order valence-corrected chi connectivity index (χ4v) is 4.20. The molecule has 3 N–H and O–H groups in total. The van der Waals surface area contributed by atoms with E-state index in [9.17, 15) is 0 Å². The lowest BCUT2D eigenvalue weighted by Gasteiger charge is -2.33. The molecule has 2 fully saturated rings. The van der Waals surface area contributed by atoms with Crippen LogP contribution in [0.25, 0.3) is 5.57 Å². The predicted molar refractivity (Wildman–Crippen MR) is 128 cm³/mol. The third-order valence-corrected chi connectivity index (χ3v) is 6.43. The number of rotatable bonds is 8. The maximum absolute atomic E-state index is 5.50. The minimum Gasteiger partial charge on any atom is -0.500 e. The van der Waals surface area contributed by atoms with E-state index in [0.29, 0.717) is 36.6 Å². The van der Waals surface area contributed by atoms with Gasteiger partial charge in [-0.15, -0.1) is 0 Å². The van der Waals surface area contributed by atoms with Crippen molar-refractivity contribution in [1.82, 2.24) is 30.2 Å². The van der Waals surface area contributed by atoms with Gasteiger partial charge in [-0.05, 0) is 19.9 Å². The van der Waals surface area contributed by atoms with E-state index in [-0.39, 0.29) is 0 Å². The molecule has 0 atom stereocenters. The first-order chi connectivity index (χ1) is 16.7. The van der Waals surface area contributed by atoms with Gasteiger partial charge in [0.25, 0.3) is 0 Å². The average molecular weight is 464 g/mol. The van der Waals surface area contributed by atoms with E-state index in [2.05, 4.69) is 53.9 Å². The van der Waals surface area contributed by atoms with Crippen LogP contribution in [0.15, 0.2) is 29.0 Å². The molecule has 3 aromatic rings. The Kier molecular flexibility index (Phi) is 5.54. The molecule has 11 heteroatoms. The van der Waals surface area contributed by atoms with Gasteiger partial charge in [-0.3, -0.25) is 5.10 Å². The Labute approximate surface area is 197 Å². The number of aromatic nitrogens is 5. The minimum absolute atomic E-state index is 0.432. The molecule has 0 amide bonds. The second-order valence-electron chi connectivity index (χ2n) is 9.13. The molecule has 3 aromatic heterocycles. The summed E-state index contributed by atoms with van der Waals surface area (Å²) in [7, 11) is 2.14. The topological polar surface area (TPSA) is 120 Å². The Balaban J connectivity index is 1.20. The second-order valence-corrected chi connectivity index (χ2v) is 9.13. The molecule has 0 spiro atoms. The summed E-state index contributed by atoms with van der Waals surface area (Å²) in [6.45, 7) is 4.96. The molecule has 1 aliphatic carbocycles. The van der Waals surface area contributed by atoms with Gasteiger partial charge in [0.1, 0.15) is 17.3 Å². The zero-order valence-corrected chi connectivity index (χ0v) is 19.3. The molecule has 0 unspecified atom stereocenters. The second kappa shape index (κ2) is 8.98. The molecular weight excluding hydrogens is 434 g/mol.